The van der Waals surface area contributed by atoms with E-state index in [1.54, 1.807) is 0 Å². The topological polar surface area (TPSA) is 71.8 Å². The van der Waals surface area contributed by atoms with Crippen LogP contribution >= 0.6 is 0 Å². The lowest BCUT2D eigenvalue weighted by atomic mass is 9.85. The molecule has 4 rings (SSSR count). The molecule has 1 aromatic heterocycles. The number of fused-ring (bicyclic) bond motifs is 1. The Morgan fingerprint density at radius 2 is 1.92 bits per heavy atom. The van der Waals surface area contributed by atoms with Crippen LogP contribution in [0.2, 0.25) is 0 Å². The highest BCUT2D eigenvalue weighted by Gasteiger charge is 2.43. The summed E-state index contributed by atoms with van der Waals surface area (Å²) in [4.78, 5) is 12.1. The Balaban J connectivity index is 1.18. The lowest BCUT2D eigenvalue weighted by Crippen LogP contribution is -2.39. The first-order valence-electron chi connectivity index (χ1n) is 10.3. The Morgan fingerprint density at radius 1 is 1.08 bits per heavy atom. The first kappa shape index (κ1) is 16.9. The third kappa shape index (κ3) is 4.15. The summed E-state index contributed by atoms with van der Waals surface area (Å²) in [5.41, 5.74) is 0. The molecule has 0 unspecified atom stereocenters. The number of nitrogens with zero attached hydrogens (tertiary/aromatic N) is 3. The molecule has 25 heavy (non-hydrogen) atoms. The summed E-state index contributed by atoms with van der Waals surface area (Å²) in [5, 5.41) is 14.8. The zero-order valence-electron chi connectivity index (χ0n) is 15.2. The van der Waals surface area contributed by atoms with Gasteiger partial charge < -0.3 is 15.2 Å². The van der Waals surface area contributed by atoms with E-state index in [9.17, 15) is 4.79 Å². The van der Waals surface area contributed by atoms with Crippen LogP contribution in [0, 0.1) is 11.8 Å². The number of amides is 2. The van der Waals surface area contributed by atoms with Crippen molar-refractivity contribution in [3.8, 4) is 0 Å². The van der Waals surface area contributed by atoms with E-state index in [4.69, 9.17) is 0 Å². The average molecular weight is 345 g/mol. The smallest absolute Gasteiger partial charge is 0.315 e. The third-order valence-electron chi connectivity index (χ3n) is 6.23. The highest BCUT2D eigenvalue weighted by atomic mass is 16.2. The average Bonchev–Trinajstić information content (AvgIpc) is 3.35. The predicted octanol–water partition coefficient (Wildman–Crippen LogP) is 2.82. The Kier molecular flexibility index (Phi) is 5.22. The lowest BCUT2D eigenvalue weighted by molar-refractivity contribution is 0.238. The Bertz CT molecular complexity index is 593. The molecule has 2 atom stereocenters. The van der Waals surface area contributed by atoms with Crippen LogP contribution in [0.25, 0.3) is 0 Å². The largest absolute Gasteiger partial charge is 0.338 e. The second-order valence-electron chi connectivity index (χ2n) is 8.05. The van der Waals surface area contributed by atoms with Crippen LogP contribution < -0.4 is 10.6 Å². The van der Waals surface area contributed by atoms with Crippen LogP contribution in [0.3, 0.4) is 0 Å². The van der Waals surface area contributed by atoms with Crippen molar-refractivity contribution in [2.75, 3.05) is 6.54 Å². The summed E-state index contributed by atoms with van der Waals surface area (Å²) in [6.07, 6.45) is 13.5. The van der Waals surface area contributed by atoms with Crippen molar-refractivity contribution in [3.63, 3.8) is 0 Å². The van der Waals surface area contributed by atoms with Gasteiger partial charge in [-0.25, -0.2) is 4.79 Å². The highest BCUT2D eigenvalue weighted by Crippen LogP contribution is 2.44. The van der Waals surface area contributed by atoms with Gasteiger partial charge in [0.25, 0.3) is 0 Å². The zero-order valence-corrected chi connectivity index (χ0v) is 15.2. The standard InChI is InChI=1S/C19H31N5O/c25-19(21-16-13-15(16)14-7-3-1-4-8-14)20-11-10-18-23-22-17-9-5-2-6-12-24(17)18/h14-16H,1-13H2,(H2,20,21,25)/t15-,16-/m1/s1. The number of hydrogen-bond donors (Lipinski definition) is 2. The Morgan fingerprint density at radius 3 is 2.80 bits per heavy atom. The van der Waals surface area contributed by atoms with E-state index < -0.39 is 0 Å². The predicted molar refractivity (Wildman–Crippen MR) is 96.3 cm³/mol. The maximum Gasteiger partial charge on any atom is 0.315 e. The monoisotopic (exact) mass is 345 g/mol. The van der Waals surface area contributed by atoms with E-state index in [2.05, 4.69) is 25.4 Å². The van der Waals surface area contributed by atoms with Gasteiger partial charge in [0.2, 0.25) is 0 Å². The zero-order chi connectivity index (χ0) is 17.1. The molecule has 6 nitrogen and oxygen atoms in total. The first-order chi connectivity index (χ1) is 12.3. The van der Waals surface area contributed by atoms with Crippen molar-refractivity contribution in [1.29, 1.82) is 0 Å². The number of aromatic nitrogens is 3. The van der Waals surface area contributed by atoms with Crippen LogP contribution in [0.15, 0.2) is 0 Å². The molecule has 2 amide bonds. The molecule has 0 saturated heterocycles. The van der Waals surface area contributed by atoms with E-state index >= 15 is 0 Å². The highest BCUT2D eigenvalue weighted by molar-refractivity contribution is 5.74. The van der Waals surface area contributed by atoms with Crippen molar-refractivity contribution >= 4 is 6.03 Å². The number of carbonyl (C=O) groups excluding carboxylic acids is 1. The number of urea groups is 1. The molecule has 0 aromatic carbocycles. The molecule has 3 aliphatic rings. The van der Waals surface area contributed by atoms with Crippen LogP contribution in [-0.4, -0.2) is 33.4 Å². The number of carbonyl (C=O) groups is 1. The molecule has 2 saturated carbocycles. The maximum atomic E-state index is 12.1. The third-order valence-corrected chi connectivity index (χ3v) is 6.23. The molecule has 2 fully saturated rings. The SMILES string of the molecule is O=C(NCCc1nnc2n1CCCCC2)N[C@@H]1C[C@@H]1C1CCCCC1. The number of aryl methyl sites for hydroxylation is 1. The number of nitrogens with one attached hydrogen (secondary N) is 2. The van der Waals surface area contributed by atoms with Gasteiger partial charge in [-0.1, -0.05) is 38.5 Å². The summed E-state index contributed by atoms with van der Waals surface area (Å²) in [5.74, 6) is 3.72. The molecule has 2 aliphatic carbocycles. The fraction of sp³-hybridized carbons (Fsp3) is 0.842. The minimum absolute atomic E-state index is 0.0149. The number of rotatable bonds is 5. The van der Waals surface area contributed by atoms with Gasteiger partial charge in [-0.2, -0.15) is 0 Å². The van der Waals surface area contributed by atoms with Gasteiger partial charge in [-0.05, 0) is 31.1 Å². The summed E-state index contributed by atoms with van der Waals surface area (Å²) in [7, 11) is 0. The minimum atomic E-state index is -0.0149. The summed E-state index contributed by atoms with van der Waals surface area (Å²) >= 11 is 0. The van der Waals surface area contributed by atoms with E-state index in [1.807, 2.05) is 0 Å². The molecule has 2 N–H and O–H groups in total. The van der Waals surface area contributed by atoms with Crippen molar-refractivity contribution in [3.05, 3.63) is 11.6 Å². The fourth-order valence-electron chi connectivity index (χ4n) is 4.70. The molecule has 1 aromatic rings. The van der Waals surface area contributed by atoms with Gasteiger partial charge in [0.05, 0.1) is 0 Å². The van der Waals surface area contributed by atoms with Crippen molar-refractivity contribution < 1.29 is 4.79 Å². The quantitative estimate of drug-likeness (QED) is 0.862. The minimum Gasteiger partial charge on any atom is -0.338 e. The van der Waals surface area contributed by atoms with E-state index in [0.29, 0.717) is 12.6 Å². The van der Waals surface area contributed by atoms with Crippen LogP contribution in [0.5, 0.6) is 0 Å². The van der Waals surface area contributed by atoms with E-state index in [0.717, 1.165) is 42.9 Å². The second-order valence-corrected chi connectivity index (χ2v) is 8.05. The van der Waals surface area contributed by atoms with Crippen molar-refractivity contribution in [2.24, 2.45) is 11.8 Å². The molecule has 6 heteroatoms. The summed E-state index contributed by atoms with van der Waals surface area (Å²) in [6, 6.07) is 0.395. The Hall–Kier alpha value is -1.59. The molecular formula is C19H31N5O. The summed E-state index contributed by atoms with van der Waals surface area (Å²) in [6.45, 7) is 1.65. The molecule has 138 valence electrons. The van der Waals surface area contributed by atoms with Gasteiger partial charge >= 0.3 is 6.03 Å². The van der Waals surface area contributed by atoms with Crippen molar-refractivity contribution in [1.82, 2.24) is 25.4 Å². The normalized spacial score (nSPS) is 26.6. The van der Waals surface area contributed by atoms with Crippen LogP contribution in [-0.2, 0) is 19.4 Å². The van der Waals surface area contributed by atoms with Crippen molar-refractivity contribution in [2.45, 2.75) is 83.2 Å². The first-order valence-corrected chi connectivity index (χ1v) is 10.3. The second kappa shape index (κ2) is 7.75. The molecular weight excluding hydrogens is 314 g/mol. The van der Waals surface area contributed by atoms with Gasteiger partial charge in [-0.3, -0.25) is 0 Å². The molecule has 0 radical (unpaired) electrons. The van der Waals surface area contributed by atoms with Gasteiger partial charge in [0.1, 0.15) is 11.6 Å². The van der Waals surface area contributed by atoms with Gasteiger partial charge in [-0.15, -0.1) is 10.2 Å². The molecule has 1 aliphatic heterocycles. The molecule has 0 bridgehead atoms. The summed E-state index contributed by atoms with van der Waals surface area (Å²) < 4.78 is 2.26. The lowest BCUT2D eigenvalue weighted by Gasteiger charge is -2.21. The maximum absolute atomic E-state index is 12.1. The Labute approximate surface area is 150 Å². The van der Waals surface area contributed by atoms with Crippen LogP contribution in [0.1, 0.15) is 69.4 Å². The van der Waals surface area contributed by atoms with Gasteiger partial charge in [0, 0.05) is 32.0 Å². The molecule has 2 heterocycles. The number of hydrogen-bond acceptors (Lipinski definition) is 3. The fourth-order valence-corrected chi connectivity index (χ4v) is 4.70. The van der Waals surface area contributed by atoms with E-state index in [1.165, 1.54) is 57.8 Å². The van der Waals surface area contributed by atoms with Crippen LogP contribution in [0.4, 0.5) is 4.79 Å². The molecule has 0 spiro atoms. The van der Waals surface area contributed by atoms with Gasteiger partial charge in [0.15, 0.2) is 0 Å². The van der Waals surface area contributed by atoms with E-state index in [-0.39, 0.29) is 6.03 Å².